The number of halogens is 1. The maximum absolute atomic E-state index is 11.8. The molecule has 18 heavy (non-hydrogen) atoms. The Morgan fingerprint density at radius 2 is 2.28 bits per heavy atom. The number of carbonyl (C=O) groups is 1. The largest absolute Gasteiger partial charge is 0.354 e. The molecule has 1 unspecified atom stereocenters. The van der Waals surface area contributed by atoms with E-state index in [9.17, 15) is 4.79 Å². The Hall–Kier alpha value is -1.07. The summed E-state index contributed by atoms with van der Waals surface area (Å²) in [6, 6.07) is 0. The standard InChI is InChI=1S/C12H22N4O.ClH/c1-3-5-12(2,13)11(17)15-6-4-8-16-9-7-14-10-16;/h7,9-10H,3-6,8,13H2,1-2H3,(H,15,17);1H. The lowest BCUT2D eigenvalue weighted by atomic mass is 9.96. The summed E-state index contributed by atoms with van der Waals surface area (Å²) in [7, 11) is 0. The smallest absolute Gasteiger partial charge is 0.239 e. The number of rotatable bonds is 7. The molecule has 0 aliphatic heterocycles. The molecule has 1 rings (SSSR count). The van der Waals surface area contributed by atoms with E-state index in [1.807, 2.05) is 17.7 Å². The van der Waals surface area contributed by atoms with Gasteiger partial charge in [-0.05, 0) is 19.8 Å². The fourth-order valence-electron chi connectivity index (χ4n) is 1.72. The first-order valence-electron chi connectivity index (χ1n) is 6.09. The third-order valence-corrected chi connectivity index (χ3v) is 2.73. The van der Waals surface area contributed by atoms with E-state index in [4.69, 9.17) is 5.73 Å². The summed E-state index contributed by atoms with van der Waals surface area (Å²) in [5, 5.41) is 2.87. The number of hydrogen-bond donors (Lipinski definition) is 2. The molecule has 0 spiro atoms. The molecule has 0 saturated heterocycles. The minimum atomic E-state index is -0.746. The Morgan fingerprint density at radius 3 is 2.83 bits per heavy atom. The number of nitrogens with one attached hydrogen (secondary N) is 1. The van der Waals surface area contributed by atoms with Crippen molar-refractivity contribution in [1.82, 2.24) is 14.9 Å². The first-order valence-corrected chi connectivity index (χ1v) is 6.09. The van der Waals surface area contributed by atoms with Crippen molar-refractivity contribution < 1.29 is 4.79 Å². The Bertz CT molecular complexity index is 338. The Morgan fingerprint density at radius 1 is 1.56 bits per heavy atom. The predicted octanol–water partition coefficient (Wildman–Crippen LogP) is 1.33. The van der Waals surface area contributed by atoms with Crippen LogP contribution in [-0.4, -0.2) is 27.5 Å². The lowest BCUT2D eigenvalue weighted by molar-refractivity contribution is -0.126. The van der Waals surface area contributed by atoms with Crippen molar-refractivity contribution in [3.05, 3.63) is 18.7 Å². The van der Waals surface area contributed by atoms with Crippen molar-refractivity contribution in [3.8, 4) is 0 Å². The SMILES string of the molecule is CCCC(C)(N)C(=O)NCCCn1ccnc1.Cl. The Labute approximate surface area is 115 Å². The normalized spacial score (nSPS) is 13.5. The molecule has 6 heteroatoms. The van der Waals surface area contributed by atoms with Gasteiger partial charge >= 0.3 is 0 Å². The molecule has 0 aliphatic carbocycles. The Balaban J connectivity index is 0.00000289. The summed E-state index contributed by atoms with van der Waals surface area (Å²) < 4.78 is 1.99. The minimum Gasteiger partial charge on any atom is -0.354 e. The molecular weight excluding hydrogens is 252 g/mol. The molecular formula is C12H23ClN4O. The fraction of sp³-hybridized carbons (Fsp3) is 0.667. The molecule has 3 N–H and O–H groups in total. The fourth-order valence-corrected chi connectivity index (χ4v) is 1.72. The van der Waals surface area contributed by atoms with Crippen molar-refractivity contribution in [3.63, 3.8) is 0 Å². The number of aromatic nitrogens is 2. The van der Waals surface area contributed by atoms with Crippen molar-refractivity contribution in [2.75, 3.05) is 6.54 Å². The highest BCUT2D eigenvalue weighted by Crippen LogP contribution is 2.08. The van der Waals surface area contributed by atoms with Crippen LogP contribution >= 0.6 is 12.4 Å². The molecule has 1 amide bonds. The van der Waals surface area contributed by atoms with Gasteiger partial charge in [-0.3, -0.25) is 4.79 Å². The summed E-state index contributed by atoms with van der Waals surface area (Å²) in [4.78, 5) is 15.7. The van der Waals surface area contributed by atoms with Gasteiger partial charge in [0.25, 0.3) is 0 Å². The van der Waals surface area contributed by atoms with Gasteiger partial charge in [-0.15, -0.1) is 12.4 Å². The Kier molecular flexibility index (Phi) is 7.62. The summed E-state index contributed by atoms with van der Waals surface area (Å²) in [6.45, 7) is 5.31. The first-order chi connectivity index (χ1) is 8.06. The second-order valence-electron chi connectivity index (χ2n) is 4.58. The van der Waals surface area contributed by atoms with Crippen LogP contribution in [0, 0.1) is 0 Å². The molecule has 1 heterocycles. The van der Waals surface area contributed by atoms with Crippen LogP contribution < -0.4 is 11.1 Å². The van der Waals surface area contributed by atoms with E-state index in [-0.39, 0.29) is 18.3 Å². The van der Waals surface area contributed by atoms with Gasteiger partial charge in [0.2, 0.25) is 5.91 Å². The summed E-state index contributed by atoms with van der Waals surface area (Å²) in [6.07, 6.45) is 7.93. The number of carbonyl (C=O) groups excluding carboxylic acids is 1. The summed E-state index contributed by atoms with van der Waals surface area (Å²) in [5.41, 5.74) is 5.17. The van der Waals surface area contributed by atoms with Crippen LogP contribution in [0.3, 0.4) is 0 Å². The number of nitrogens with zero attached hydrogens (tertiary/aromatic N) is 2. The third kappa shape index (κ3) is 5.51. The number of amides is 1. The van der Waals surface area contributed by atoms with Gasteiger partial charge in [-0.1, -0.05) is 13.3 Å². The predicted molar refractivity (Wildman–Crippen MR) is 74.6 cm³/mol. The topological polar surface area (TPSA) is 72.9 Å². The molecule has 1 atom stereocenters. The highest BCUT2D eigenvalue weighted by atomic mass is 35.5. The monoisotopic (exact) mass is 274 g/mol. The van der Waals surface area contributed by atoms with Gasteiger partial charge in [-0.2, -0.15) is 0 Å². The van der Waals surface area contributed by atoms with E-state index < -0.39 is 5.54 Å². The molecule has 0 saturated carbocycles. The van der Waals surface area contributed by atoms with Crippen LogP contribution in [0.25, 0.3) is 0 Å². The number of hydrogen-bond acceptors (Lipinski definition) is 3. The molecule has 5 nitrogen and oxygen atoms in total. The summed E-state index contributed by atoms with van der Waals surface area (Å²) >= 11 is 0. The maximum Gasteiger partial charge on any atom is 0.239 e. The van der Waals surface area contributed by atoms with Gasteiger partial charge in [0.05, 0.1) is 11.9 Å². The van der Waals surface area contributed by atoms with Gasteiger partial charge < -0.3 is 15.6 Å². The van der Waals surface area contributed by atoms with E-state index in [0.717, 1.165) is 19.4 Å². The number of aryl methyl sites for hydroxylation is 1. The third-order valence-electron chi connectivity index (χ3n) is 2.73. The molecule has 104 valence electrons. The maximum atomic E-state index is 11.8. The highest BCUT2D eigenvalue weighted by molar-refractivity contribution is 5.85. The lowest BCUT2D eigenvalue weighted by Crippen LogP contribution is -2.51. The second kappa shape index (κ2) is 8.11. The van der Waals surface area contributed by atoms with Crippen LogP contribution in [0.15, 0.2) is 18.7 Å². The lowest BCUT2D eigenvalue weighted by Gasteiger charge is -2.22. The van der Waals surface area contributed by atoms with E-state index in [0.29, 0.717) is 13.0 Å². The van der Waals surface area contributed by atoms with Gasteiger partial charge in [0, 0.05) is 25.5 Å². The average Bonchev–Trinajstić information content (AvgIpc) is 2.76. The van der Waals surface area contributed by atoms with Crippen LogP contribution in [0.1, 0.15) is 33.1 Å². The molecule has 0 bridgehead atoms. The molecule has 0 aromatic carbocycles. The molecule has 0 fully saturated rings. The minimum absolute atomic E-state index is 0. The number of imidazole rings is 1. The summed E-state index contributed by atoms with van der Waals surface area (Å²) in [5.74, 6) is -0.0648. The van der Waals surface area contributed by atoms with E-state index >= 15 is 0 Å². The average molecular weight is 275 g/mol. The first kappa shape index (κ1) is 16.9. The number of nitrogens with two attached hydrogens (primary N) is 1. The van der Waals surface area contributed by atoms with E-state index in [1.165, 1.54) is 0 Å². The van der Waals surface area contributed by atoms with E-state index in [2.05, 4.69) is 10.3 Å². The van der Waals surface area contributed by atoms with Crippen LogP contribution in [0.2, 0.25) is 0 Å². The van der Waals surface area contributed by atoms with E-state index in [1.54, 1.807) is 19.4 Å². The van der Waals surface area contributed by atoms with Crippen molar-refractivity contribution >= 4 is 18.3 Å². The van der Waals surface area contributed by atoms with Gasteiger partial charge in [-0.25, -0.2) is 4.98 Å². The van der Waals surface area contributed by atoms with Crippen molar-refractivity contribution in [2.24, 2.45) is 5.73 Å². The quantitative estimate of drug-likeness (QED) is 0.737. The van der Waals surface area contributed by atoms with Crippen LogP contribution in [0.4, 0.5) is 0 Å². The highest BCUT2D eigenvalue weighted by Gasteiger charge is 2.26. The van der Waals surface area contributed by atoms with Crippen molar-refractivity contribution in [2.45, 2.75) is 45.2 Å². The van der Waals surface area contributed by atoms with Crippen LogP contribution in [-0.2, 0) is 11.3 Å². The molecule has 1 aromatic rings. The molecule has 0 aliphatic rings. The zero-order chi connectivity index (χ0) is 12.7. The zero-order valence-electron chi connectivity index (χ0n) is 11.1. The van der Waals surface area contributed by atoms with Crippen LogP contribution in [0.5, 0.6) is 0 Å². The van der Waals surface area contributed by atoms with Gasteiger partial charge in [0.15, 0.2) is 0 Å². The van der Waals surface area contributed by atoms with Crippen molar-refractivity contribution in [1.29, 1.82) is 0 Å². The van der Waals surface area contributed by atoms with Gasteiger partial charge in [0.1, 0.15) is 0 Å². The second-order valence-corrected chi connectivity index (χ2v) is 4.58. The zero-order valence-corrected chi connectivity index (χ0v) is 11.9. The molecule has 0 radical (unpaired) electrons. The molecule has 1 aromatic heterocycles.